The van der Waals surface area contributed by atoms with Crippen molar-refractivity contribution in [3.8, 4) is 11.6 Å². The van der Waals surface area contributed by atoms with Gasteiger partial charge in [-0.1, -0.05) is 0 Å². The predicted octanol–water partition coefficient (Wildman–Crippen LogP) is 2.72. The van der Waals surface area contributed by atoms with Gasteiger partial charge in [0.25, 0.3) is 0 Å². The van der Waals surface area contributed by atoms with E-state index in [2.05, 4.69) is 10.3 Å². The molecule has 0 saturated heterocycles. The van der Waals surface area contributed by atoms with Crippen molar-refractivity contribution in [2.24, 2.45) is 0 Å². The van der Waals surface area contributed by atoms with Gasteiger partial charge in [0.1, 0.15) is 5.75 Å². The average molecular weight is 257 g/mol. The van der Waals surface area contributed by atoms with Crippen LogP contribution in [0, 0.1) is 6.92 Å². The number of nitrogens with zero attached hydrogens (tertiary/aromatic N) is 1. The summed E-state index contributed by atoms with van der Waals surface area (Å²) in [7, 11) is 0. The number of hydrogen-bond donors (Lipinski definition) is 2. The second kappa shape index (κ2) is 5.39. The van der Waals surface area contributed by atoms with E-state index < -0.39 is 0 Å². The smallest absolute Gasteiger partial charge is 0.242 e. The fourth-order valence-corrected chi connectivity index (χ4v) is 1.55. The van der Waals surface area contributed by atoms with Crippen molar-refractivity contribution in [3.63, 3.8) is 0 Å². The Kier molecular flexibility index (Phi) is 3.66. The summed E-state index contributed by atoms with van der Waals surface area (Å²) in [5, 5.41) is 2.68. The van der Waals surface area contributed by atoms with E-state index in [1.54, 1.807) is 30.3 Å². The lowest BCUT2D eigenvalue weighted by Gasteiger charge is -2.09. The number of rotatable bonds is 3. The first kappa shape index (κ1) is 12.9. The number of aryl methyl sites for hydroxylation is 1. The number of nitrogens with one attached hydrogen (secondary N) is 1. The molecule has 19 heavy (non-hydrogen) atoms. The molecule has 0 radical (unpaired) electrons. The van der Waals surface area contributed by atoms with Crippen molar-refractivity contribution >= 4 is 17.3 Å². The number of aromatic nitrogens is 1. The van der Waals surface area contributed by atoms with Gasteiger partial charge in [-0.25, -0.2) is 4.98 Å². The first-order valence-electron chi connectivity index (χ1n) is 5.83. The summed E-state index contributed by atoms with van der Waals surface area (Å²) in [6, 6.07) is 10.6. The molecule has 5 nitrogen and oxygen atoms in total. The van der Waals surface area contributed by atoms with Crippen molar-refractivity contribution in [2.75, 3.05) is 11.1 Å². The van der Waals surface area contributed by atoms with Gasteiger partial charge < -0.3 is 15.8 Å². The van der Waals surface area contributed by atoms with Crippen LogP contribution in [0.1, 0.15) is 12.6 Å². The van der Waals surface area contributed by atoms with Crippen LogP contribution in [0.5, 0.6) is 11.6 Å². The van der Waals surface area contributed by atoms with Crippen LogP contribution in [0.25, 0.3) is 0 Å². The number of nitrogens with two attached hydrogens (primary N) is 1. The van der Waals surface area contributed by atoms with Gasteiger partial charge in [-0.2, -0.15) is 0 Å². The minimum atomic E-state index is -0.113. The van der Waals surface area contributed by atoms with E-state index in [1.807, 2.05) is 13.0 Å². The van der Waals surface area contributed by atoms with Crippen LogP contribution >= 0.6 is 0 Å². The Bertz CT molecular complexity index is 594. The lowest BCUT2D eigenvalue weighted by atomic mass is 10.3. The largest absolute Gasteiger partial charge is 0.437 e. The maximum atomic E-state index is 10.9. The van der Waals surface area contributed by atoms with Crippen molar-refractivity contribution < 1.29 is 9.53 Å². The number of carbonyl (C=O) groups excluding carboxylic acids is 1. The monoisotopic (exact) mass is 257 g/mol. The highest BCUT2D eigenvalue weighted by molar-refractivity contribution is 5.88. The Hall–Kier alpha value is -2.56. The third kappa shape index (κ3) is 3.45. The number of anilines is 2. The van der Waals surface area contributed by atoms with Crippen molar-refractivity contribution in [1.29, 1.82) is 0 Å². The Morgan fingerprint density at radius 2 is 1.89 bits per heavy atom. The number of amides is 1. The third-order valence-electron chi connectivity index (χ3n) is 2.42. The maximum Gasteiger partial charge on any atom is 0.242 e. The van der Waals surface area contributed by atoms with Crippen LogP contribution in [0.15, 0.2) is 36.4 Å². The standard InChI is InChI=1S/C14H15N3O2/c1-9-3-8-13(15)14(16-9)19-12-6-4-11(5-7-12)17-10(2)18/h3-8H,15H2,1-2H3,(H,17,18). The second-order valence-electron chi connectivity index (χ2n) is 4.15. The Balaban J connectivity index is 2.15. The summed E-state index contributed by atoms with van der Waals surface area (Å²) in [5.74, 6) is 0.879. The summed E-state index contributed by atoms with van der Waals surface area (Å²) < 4.78 is 5.60. The van der Waals surface area contributed by atoms with E-state index in [1.165, 1.54) is 6.92 Å². The van der Waals surface area contributed by atoms with E-state index in [0.29, 0.717) is 23.0 Å². The Labute approximate surface area is 111 Å². The van der Waals surface area contributed by atoms with E-state index in [4.69, 9.17) is 10.5 Å². The molecule has 2 aromatic rings. The summed E-state index contributed by atoms with van der Waals surface area (Å²) in [4.78, 5) is 15.1. The van der Waals surface area contributed by atoms with E-state index >= 15 is 0 Å². The molecule has 98 valence electrons. The number of benzene rings is 1. The molecule has 1 aromatic heterocycles. The van der Waals surface area contributed by atoms with Crippen molar-refractivity contribution in [2.45, 2.75) is 13.8 Å². The molecule has 0 saturated carbocycles. The summed E-state index contributed by atoms with van der Waals surface area (Å²) in [6.07, 6.45) is 0. The minimum absolute atomic E-state index is 0.113. The molecular weight excluding hydrogens is 242 g/mol. The molecule has 0 fully saturated rings. The van der Waals surface area contributed by atoms with Crippen LogP contribution in [0.2, 0.25) is 0 Å². The molecule has 0 atom stereocenters. The van der Waals surface area contributed by atoms with Crippen LogP contribution in [-0.2, 0) is 4.79 Å². The number of pyridine rings is 1. The normalized spacial score (nSPS) is 10.0. The predicted molar refractivity (Wildman–Crippen MR) is 74.2 cm³/mol. The fraction of sp³-hybridized carbons (Fsp3) is 0.143. The number of nitrogen functional groups attached to an aromatic ring is 1. The molecule has 0 aliphatic heterocycles. The van der Waals surface area contributed by atoms with Crippen LogP contribution in [0.3, 0.4) is 0 Å². The van der Waals surface area contributed by atoms with Gasteiger partial charge in [0.15, 0.2) is 0 Å². The maximum absolute atomic E-state index is 10.9. The highest BCUT2D eigenvalue weighted by Gasteiger charge is 2.04. The Morgan fingerprint density at radius 1 is 1.21 bits per heavy atom. The van der Waals surface area contributed by atoms with E-state index in [-0.39, 0.29) is 5.91 Å². The first-order chi connectivity index (χ1) is 9.04. The summed E-state index contributed by atoms with van der Waals surface area (Å²) >= 11 is 0. The third-order valence-corrected chi connectivity index (χ3v) is 2.42. The molecule has 5 heteroatoms. The molecule has 0 bridgehead atoms. The molecule has 1 heterocycles. The van der Waals surface area contributed by atoms with Crippen LogP contribution in [0.4, 0.5) is 11.4 Å². The fourth-order valence-electron chi connectivity index (χ4n) is 1.55. The Morgan fingerprint density at radius 3 is 2.53 bits per heavy atom. The number of carbonyl (C=O) groups is 1. The summed E-state index contributed by atoms with van der Waals surface area (Å²) in [5.41, 5.74) is 7.82. The molecule has 0 aliphatic carbocycles. The molecule has 1 aromatic carbocycles. The van der Waals surface area contributed by atoms with Gasteiger partial charge in [-0.3, -0.25) is 4.79 Å². The molecule has 0 aliphatic rings. The number of hydrogen-bond acceptors (Lipinski definition) is 4. The zero-order valence-electron chi connectivity index (χ0n) is 10.8. The lowest BCUT2D eigenvalue weighted by Crippen LogP contribution is -2.05. The first-order valence-corrected chi connectivity index (χ1v) is 5.83. The highest BCUT2D eigenvalue weighted by Crippen LogP contribution is 2.26. The van der Waals surface area contributed by atoms with Gasteiger partial charge in [0.2, 0.25) is 11.8 Å². The van der Waals surface area contributed by atoms with Crippen LogP contribution < -0.4 is 15.8 Å². The molecule has 0 spiro atoms. The van der Waals surface area contributed by atoms with Crippen molar-refractivity contribution in [1.82, 2.24) is 4.98 Å². The summed E-state index contributed by atoms with van der Waals surface area (Å²) in [6.45, 7) is 3.33. The van der Waals surface area contributed by atoms with Gasteiger partial charge >= 0.3 is 0 Å². The van der Waals surface area contributed by atoms with Crippen LogP contribution in [-0.4, -0.2) is 10.9 Å². The topological polar surface area (TPSA) is 77.2 Å². The van der Waals surface area contributed by atoms with Gasteiger partial charge in [-0.05, 0) is 43.3 Å². The lowest BCUT2D eigenvalue weighted by molar-refractivity contribution is -0.114. The van der Waals surface area contributed by atoms with Gasteiger partial charge in [0, 0.05) is 18.3 Å². The van der Waals surface area contributed by atoms with Gasteiger partial charge in [0.05, 0.1) is 5.69 Å². The SMILES string of the molecule is CC(=O)Nc1ccc(Oc2nc(C)ccc2N)cc1. The minimum Gasteiger partial charge on any atom is -0.437 e. The zero-order chi connectivity index (χ0) is 13.8. The number of ether oxygens (including phenoxy) is 1. The van der Waals surface area contributed by atoms with Gasteiger partial charge in [-0.15, -0.1) is 0 Å². The van der Waals surface area contributed by atoms with E-state index in [0.717, 1.165) is 5.69 Å². The van der Waals surface area contributed by atoms with Crippen molar-refractivity contribution in [3.05, 3.63) is 42.1 Å². The molecule has 1 amide bonds. The zero-order valence-corrected chi connectivity index (χ0v) is 10.8. The molecule has 0 unspecified atom stereocenters. The molecule has 3 N–H and O–H groups in total. The quantitative estimate of drug-likeness (QED) is 0.886. The second-order valence-corrected chi connectivity index (χ2v) is 4.15. The molecular formula is C14H15N3O2. The molecule has 2 rings (SSSR count). The van der Waals surface area contributed by atoms with E-state index in [9.17, 15) is 4.79 Å². The highest BCUT2D eigenvalue weighted by atomic mass is 16.5. The average Bonchev–Trinajstić information content (AvgIpc) is 2.35.